The van der Waals surface area contributed by atoms with Crippen LogP contribution in [0.5, 0.6) is 0 Å². The van der Waals surface area contributed by atoms with Crippen LogP contribution in [0.4, 0.5) is 5.82 Å². The Bertz CT molecular complexity index is 505. The highest BCUT2D eigenvalue weighted by Gasteiger charge is 2.43. The van der Waals surface area contributed by atoms with Crippen LogP contribution in [0.3, 0.4) is 0 Å². The molecule has 4 atom stereocenters. The van der Waals surface area contributed by atoms with Gasteiger partial charge in [0.15, 0.2) is 6.23 Å². The molecule has 8 nitrogen and oxygen atoms in total. The van der Waals surface area contributed by atoms with E-state index in [1.54, 1.807) is 0 Å². The Morgan fingerprint density at radius 2 is 2.35 bits per heavy atom. The van der Waals surface area contributed by atoms with E-state index >= 15 is 0 Å². The molecule has 0 saturated carbocycles. The van der Waals surface area contributed by atoms with Crippen molar-refractivity contribution in [3.8, 4) is 0 Å². The van der Waals surface area contributed by atoms with Gasteiger partial charge in [0.1, 0.15) is 24.1 Å². The summed E-state index contributed by atoms with van der Waals surface area (Å²) in [5.74, 6) is -0.0120. The van der Waals surface area contributed by atoms with Gasteiger partial charge in [0, 0.05) is 6.20 Å². The molecule has 1 aromatic heterocycles. The number of aliphatic hydroxyl groups is 3. The standard InChI is InChI=1S/C9H13N3O5/c10-5-1-2-12(9(16)11-5)8-7(15)6(14)4(3-13)17-8/h1-2,4,6-8,13-15H,3H2,(H2,10,11,16)/t4-,6-,7-,8-/m1/s1/i7D. The number of hydrogen-bond donors (Lipinski definition) is 4. The second-order valence-corrected chi connectivity index (χ2v) is 3.62. The van der Waals surface area contributed by atoms with Crippen LogP contribution < -0.4 is 11.4 Å². The van der Waals surface area contributed by atoms with Crippen molar-refractivity contribution >= 4 is 5.82 Å². The molecule has 94 valence electrons. The van der Waals surface area contributed by atoms with Gasteiger partial charge in [0.25, 0.3) is 0 Å². The van der Waals surface area contributed by atoms with Crippen molar-refractivity contribution in [1.82, 2.24) is 9.55 Å². The quantitative estimate of drug-likeness (QED) is 0.450. The summed E-state index contributed by atoms with van der Waals surface area (Å²) >= 11 is 0. The summed E-state index contributed by atoms with van der Waals surface area (Å²) in [5, 5.41) is 28.4. The molecular formula is C9H13N3O5. The third-order valence-corrected chi connectivity index (χ3v) is 2.50. The van der Waals surface area contributed by atoms with E-state index in [1.807, 2.05) is 0 Å². The first-order valence-corrected chi connectivity index (χ1v) is 4.89. The van der Waals surface area contributed by atoms with Crippen LogP contribution in [-0.4, -0.2) is 49.8 Å². The summed E-state index contributed by atoms with van der Waals surface area (Å²) in [5.41, 5.74) is 4.49. The highest BCUT2D eigenvalue weighted by atomic mass is 16.6. The van der Waals surface area contributed by atoms with Crippen molar-refractivity contribution in [3.05, 3.63) is 22.7 Å². The summed E-state index contributed by atoms with van der Waals surface area (Å²) in [6.07, 6.45) is -5.53. The molecule has 0 unspecified atom stereocenters. The monoisotopic (exact) mass is 244 g/mol. The zero-order valence-corrected chi connectivity index (χ0v) is 8.72. The minimum atomic E-state index is -2.46. The normalized spacial score (nSPS) is 38.1. The molecule has 0 amide bonds. The summed E-state index contributed by atoms with van der Waals surface area (Å²) < 4.78 is 13.5. The third-order valence-electron chi connectivity index (χ3n) is 2.50. The van der Waals surface area contributed by atoms with Gasteiger partial charge in [-0.3, -0.25) is 4.57 Å². The Labute approximate surface area is 97.3 Å². The summed E-state index contributed by atoms with van der Waals surface area (Å²) in [6.45, 7) is -0.587. The van der Waals surface area contributed by atoms with Gasteiger partial charge in [-0.1, -0.05) is 0 Å². The second-order valence-electron chi connectivity index (χ2n) is 3.62. The molecule has 1 aliphatic rings. The molecule has 0 aliphatic carbocycles. The van der Waals surface area contributed by atoms with Crippen molar-refractivity contribution in [2.24, 2.45) is 0 Å². The predicted molar refractivity (Wildman–Crippen MR) is 55.9 cm³/mol. The van der Waals surface area contributed by atoms with Crippen molar-refractivity contribution in [3.63, 3.8) is 0 Å². The SMILES string of the molecule is [2H][C@@]1(O)[C@H](O)[C@@H](CO)O[C@H]1n1ccc(N)nc1=O. The minimum Gasteiger partial charge on any atom is -0.394 e. The van der Waals surface area contributed by atoms with Crippen LogP contribution in [-0.2, 0) is 4.74 Å². The molecule has 0 bridgehead atoms. The van der Waals surface area contributed by atoms with Crippen molar-refractivity contribution in [1.29, 1.82) is 0 Å². The average Bonchev–Trinajstić information content (AvgIpc) is 2.52. The van der Waals surface area contributed by atoms with Crippen LogP contribution >= 0.6 is 0 Å². The van der Waals surface area contributed by atoms with E-state index in [-0.39, 0.29) is 5.82 Å². The number of ether oxygens (including phenoxy) is 1. The Balaban J connectivity index is 2.42. The number of hydrogen-bond acceptors (Lipinski definition) is 7. The van der Waals surface area contributed by atoms with E-state index in [9.17, 15) is 15.0 Å². The fraction of sp³-hybridized carbons (Fsp3) is 0.556. The fourth-order valence-corrected chi connectivity index (χ4v) is 1.60. The van der Waals surface area contributed by atoms with Gasteiger partial charge >= 0.3 is 5.69 Å². The zero-order chi connectivity index (χ0) is 13.5. The fourth-order valence-electron chi connectivity index (χ4n) is 1.60. The Kier molecular flexibility index (Phi) is 2.77. The van der Waals surface area contributed by atoms with Crippen LogP contribution in [0.15, 0.2) is 17.1 Å². The predicted octanol–water partition coefficient (Wildman–Crippen LogP) is -2.56. The molecule has 1 fully saturated rings. The first-order chi connectivity index (χ1) is 8.37. The zero-order valence-electron chi connectivity index (χ0n) is 9.72. The van der Waals surface area contributed by atoms with E-state index in [2.05, 4.69) is 4.98 Å². The maximum atomic E-state index is 11.6. The van der Waals surface area contributed by atoms with E-state index in [0.29, 0.717) is 0 Å². The number of nitrogens with two attached hydrogens (primary N) is 1. The maximum absolute atomic E-state index is 11.6. The Morgan fingerprint density at radius 3 is 2.88 bits per heavy atom. The molecule has 0 spiro atoms. The molecular weight excluding hydrogens is 230 g/mol. The van der Waals surface area contributed by atoms with Gasteiger partial charge < -0.3 is 25.8 Å². The van der Waals surface area contributed by atoms with Gasteiger partial charge in [0.2, 0.25) is 0 Å². The van der Waals surface area contributed by atoms with Crippen LogP contribution in [0, 0.1) is 0 Å². The van der Waals surface area contributed by atoms with E-state index in [4.69, 9.17) is 16.9 Å². The highest BCUT2D eigenvalue weighted by Crippen LogP contribution is 2.27. The largest absolute Gasteiger partial charge is 0.394 e. The van der Waals surface area contributed by atoms with Crippen LogP contribution in [0.1, 0.15) is 7.60 Å². The molecule has 17 heavy (non-hydrogen) atoms. The number of aromatic nitrogens is 2. The molecule has 1 saturated heterocycles. The van der Waals surface area contributed by atoms with Crippen molar-refractivity contribution in [2.45, 2.75) is 24.5 Å². The lowest BCUT2D eigenvalue weighted by atomic mass is 10.1. The van der Waals surface area contributed by atoms with Gasteiger partial charge in [-0.15, -0.1) is 0 Å². The molecule has 8 heteroatoms. The number of aliphatic hydroxyl groups excluding tert-OH is 2. The molecule has 1 aromatic rings. The number of rotatable bonds is 2. The van der Waals surface area contributed by atoms with Crippen molar-refractivity contribution in [2.75, 3.05) is 12.3 Å². The van der Waals surface area contributed by atoms with Gasteiger partial charge in [-0.25, -0.2) is 4.79 Å². The lowest BCUT2D eigenvalue weighted by Gasteiger charge is -2.16. The van der Waals surface area contributed by atoms with Gasteiger partial charge in [-0.05, 0) is 6.07 Å². The first-order valence-electron chi connectivity index (χ1n) is 5.39. The molecule has 0 radical (unpaired) electrons. The topological polar surface area (TPSA) is 131 Å². The smallest absolute Gasteiger partial charge is 0.351 e. The first kappa shape index (κ1) is 10.7. The van der Waals surface area contributed by atoms with E-state index in [0.717, 1.165) is 4.57 Å². The summed E-state index contributed by atoms with van der Waals surface area (Å²) in [7, 11) is 0. The molecule has 2 rings (SSSR count). The van der Waals surface area contributed by atoms with E-state index < -0.39 is 36.8 Å². The average molecular weight is 244 g/mol. The minimum absolute atomic E-state index is 0.0120. The molecule has 5 N–H and O–H groups in total. The van der Waals surface area contributed by atoms with Crippen LogP contribution in [0.2, 0.25) is 0 Å². The number of nitrogen functional groups attached to an aromatic ring is 1. The summed E-state index contributed by atoms with van der Waals surface area (Å²) in [6, 6.07) is 1.29. The molecule has 1 aliphatic heterocycles. The molecule has 0 aromatic carbocycles. The molecule has 2 heterocycles. The maximum Gasteiger partial charge on any atom is 0.351 e. The van der Waals surface area contributed by atoms with Gasteiger partial charge in [-0.2, -0.15) is 4.98 Å². The van der Waals surface area contributed by atoms with Crippen molar-refractivity contribution < 1.29 is 21.4 Å². The second kappa shape index (κ2) is 4.41. The lowest BCUT2D eigenvalue weighted by molar-refractivity contribution is -0.0549. The van der Waals surface area contributed by atoms with E-state index in [1.165, 1.54) is 12.3 Å². The van der Waals surface area contributed by atoms with Gasteiger partial charge in [0.05, 0.1) is 7.98 Å². The Hall–Kier alpha value is -1.48. The van der Waals surface area contributed by atoms with Crippen LogP contribution in [0.25, 0.3) is 0 Å². The number of nitrogens with zero attached hydrogens (tertiary/aromatic N) is 2. The number of anilines is 1. The highest BCUT2D eigenvalue weighted by molar-refractivity contribution is 5.23. The third kappa shape index (κ3) is 2.03. The Morgan fingerprint density at radius 1 is 1.65 bits per heavy atom. The lowest BCUT2D eigenvalue weighted by Crippen LogP contribution is -2.36. The summed E-state index contributed by atoms with van der Waals surface area (Å²) in [4.78, 5) is 15.0.